The molecule has 3 aromatic carbocycles. The van der Waals surface area contributed by atoms with E-state index in [1.54, 1.807) is 0 Å². The molecule has 1 aliphatic rings. The van der Waals surface area contributed by atoms with Crippen molar-refractivity contribution in [2.24, 2.45) is 0 Å². The van der Waals surface area contributed by atoms with E-state index < -0.39 is 0 Å². The second-order valence-electron chi connectivity index (χ2n) is 5.01. The summed E-state index contributed by atoms with van der Waals surface area (Å²) >= 11 is 0. The number of benzene rings is 3. The van der Waals surface area contributed by atoms with Crippen molar-refractivity contribution >= 4 is 16.8 Å². The summed E-state index contributed by atoms with van der Waals surface area (Å²) in [6.07, 6.45) is 5.56. The first-order chi connectivity index (χ1) is 9.43. The first-order valence-corrected chi connectivity index (χ1v) is 6.70. The molecule has 0 amide bonds. The zero-order valence-electron chi connectivity index (χ0n) is 10.6. The molecule has 0 N–H and O–H groups in total. The van der Waals surface area contributed by atoms with Crippen molar-refractivity contribution in [2.45, 2.75) is 6.42 Å². The third-order valence-corrected chi connectivity index (χ3v) is 3.90. The first kappa shape index (κ1) is 10.6. The summed E-state index contributed by atoms with van der Waals surface area (Å²) in [4.78, 5) is 0. The molecule has 0 nitrogen and oxygen atoms in total. The molecular weight excluding hydrogens is 228 g/mol. The Labute approximate surface area is 113 Å². The van der Waals surface area contributed by atoms with Crippen LogP contribution in [-0.4, -0.2) is 0 Å². The molecule has 0 unspecified atom stereocenters. The Kier molecular flexibility index (Phi) is 2.28. The van der Waals surface area contributed by atoms with Gasteiger partial charge in [0.05, 0.1) is 0 Å². The Morgan fingerprint density at radius 3 is 2.53 bits per heavy atom. The average Bonchev–Trinajstić information content (AvgIpc) is 2.66. The molecule has 19 heavy (non-hydrogen) atoms. The van der Waals surface area contributed by atoms with Crippen LogP contribution in [0.1, 0.15) is 11.1 Å². The van der Waals surface area contributed by atoms with Crippen molar-refractivity contribution in [1.82, 2.24) is 0 Å². The van der Waals surface area contributed by atoms with Crippen LogP contribution in [0.25, 0.3) is 28.0 Å². The van der Waals surface area contributed by atoms with Gasteiger partial charge in [0, 0.05) is 0 Å². The van der Waals surface area contributed by atoms with Gasteiger partial charge in [-0.05, 0) is 39.4 Å². The third-order valence-electron chi connectivity index (χ3n) is 3.90. The molecule has 0 bridgehead atoms. The Bertz CT molecular complexity index is 794. The van der Waals surface area contributed by atoms with Crippen molar-refractivity contribution in [1.29, 1.82) is 0 Å². The molecule has 4 rings (SSSR count). The lowest BCUT2D eigenvalue weighted by Gasteiger charge is -2.11. The molecule has 0 spiro atoms. The maximum Gasteiger partial charge on any atom is -0.00879 e. The molecule has 0 atom stereocenters. The minimum Gasteiger partial charge on any atom is -0.0795 e. The number of allylic oxidation sites excluding steroid dienone is 1. The van der Waals surface area contributed by atoms with Crippen molar-refractivity contribution < 1.29 is 0 Å². The van der Waals surface area contributed by atoms with E-state index in [2.05, 4.69) is 72.8 Å². The van der Waals surface area contributed by atoms with Gasteiger partial charge in [-0.25, -0.2) is 0 Å². The second kappa shape index (κ2) is 4.10. The molecule has 0 heterocycles. The van der Waals surface area contributed by atoms with Crippen LogP contribution in [0.5, 0.6) is 0 Å². The van der Waals surface area contributed by atoms with E-state index in [0.29, 0.717) is 0 Å². The van der Waals surface area contributed by atoms with E-state index in [9.17, 15) is 0 Å². The van der Waals surface area contributed by atoms with Crippen molar-refractivity contribution in [3.8, 4) is 11.1 Å². The fourth-order valence-electron chi connectivity index (χ4n) is 2.97. The molecule has 0 radical (unpaired) electrons. The van der Waals surface area contributed by atoms with Crippen molar-refractivity contribution in [2.75, 3.05) is 0 Å². The van der Waals surface area contributed by atoms with E-state index in [4.69, 9.17) is 0 Å². The Hall–Kier alpha value is -2.34. The molecular formula is C19H14. The zero-order valence-corrected chi connectivity index (χ0v) is 10.6. The van der Waals surface area contributed by atoms with Gasteiger partial charge in [-0.2, -0.15) is 0 Å². The topological polar surface area (TPSA) is 0 Å². The van der Waals surface area contributed by atoms with Gasteiger partial charge < -0.3 is 0 Å². The molecule has 0 saturated carbocycles. The van der Waals surface area contributed by atoms with Gasteiger partial charge in [0.2, 0.25) is 0 Å². The highest BCUT2D eigenvalue weighted by Gasteiger charge is 2.12. The average molecular weight is 242 g/mol. The minimum atomic E-state index is 1.01. The van der Waals surface area contributed by atoms with E-state index in [0.717, 1.165) is 6.42 Å². The Balaban J connectivity index is 2.13. The highest BCUT2D eigenvalue weighted by Crippen LogP contribution is 2.35. The third kappa shape index (κ3) is 1.61. The van der Waals surface area contributed by atoms with Gasteiger partial charge in [0.1, 0.15) is 0 Å². The van der Waals surface area contributed by atoms with E-state index in [1.807, 2.05) is 0 Å². The van der Waals surface area contributed by atoms with Crippen LogP contribution < -0.4 is 0 Å². The van der Waals surface area contributed by atoms with Crippen LogP contribution in [0.2, 0.25) is 0 Å². The molecule has 0 aliphatic heterocycles. The lowest BCUT2D eigenvalue weighted by Crippen LogP contribution is -1.88. The Morgan fingerprint density at radius 1 is 0.684 bits per heavy atom. The quantitative estimate of drug-likeness (QED) is 0.516. The highest BCUT2D eigenvalue weighted by molar-refractivity contribution is 5.98. The van der Waals surface area contributed by atoms with Crippen LogP contribution in [0, 0.1) is 0 Å². The second-order valence-corrected chi connectivity index (χ2v) is 5.01. The van der Waals surface area contributed by atoms with Gasteiger partial charge in [-0.15, -0.1) is 0 Å². The lowest BCUT2D eigenvalue weighted by molar-refractivity contribution is 1.29. The standard InChI is InChI=1S/C19H14/c1-3-9-16-14(6-1)8-5-11-18-17-10-4-2-7-15(17)12-13-19(16)18/h1-7,9-13H,8H2. The van der Waals surface area contributed by atoms with E-state index in [1.165, 1.54) is 33.0 Å². The van der Waals surface area contributed by atoms with Crippen LogP contribution in [0.4, 0.5) is 0 Å². The number of fused-ring (bicyclic) bond motifs is 5. The number of rotatable bonds is 0. The molecule has 0 fully saturated rings. The summed E-state index contributed by atoms with van der Waals surface area (Å²) in [6.45, 7) is 0. The highest BCUT2D eigenvalue weighted by atomic mass is 14.2. The Morgan fingerprint density at radius 2 is 1.53 bits per heavy atom. The van der Waals surface area contributed by atoms with Crippen LogP contribution in [0.3, 0.4) is 0 Å². The summed E-state index contributed by atoms with van der Waals surface area (Å²) < 4.78 is 0. The molecule has 90 valence electrons. The molecule has 1 aliphatic carbocycles. The summed E-state index contributed by atoms with van der Waals surface area (Å²) in [5, 5.41) is 2.65. The number of hydrogen-bond acceptors (Lipinski definition) is 0. The van der Waals surface area contributed by atoms with Crippen LogP contribution in [-0.2, 0) is 6.42 Å². The summed E-state index contributed by atoms with van der Waals surface area (Å²) in [6, 6.07) is 21.8. The van der Waals surface area contributed by atoms with E-state index in [-0.39, 0.29) is 0 Å². The molecule has 3 aromatic rings. The molecule has 0 aromatic heterocycles. The smallest absolute Gasteiger partial charge is 0.00879 e. The minimum absolute atomic E-state index is 1.01. The van der Waals surface area contributed by atoms with Gasteiger partial charge in [0.15, 0.2) is 0 Å². The number of hydrogen-bond donors (Lipinski definition) is 0. The summed E-state index contributed by atoms with van der Waals surface area (Å²) in [5.74, 6) is 0. The van der Waals surface area contributed by atoms with Gasteiger partial charge in [-0.1, -0.05) is 72.8 Å². The van der Waals surface area contributed by atoms with Crippen molar-refractivity contribution in [3.05, 3.63) is 77.9 Å². The normalized spacial score (nSPS) is 12.8. The zero-order chi connectivity index (χ0) is 12.7. The predicted octanol–water partition coefficient (Wildman–Crippen LogP) is 5.08. The molecule has 0 saturated heterocycles. The molecule has 0 heteroatoms. The van der Waals surface area contributed by atoms with Gasteiger partial charge in [-0.3, -0.25) is 0 Å². The van der Waals surface area contributed by atoms with Crippen molar-refractivity contribution in [3.63, 3.8) is 0 Å². The maximum atomic E-state index is 2.28. The fraction of sp³-hybridized carbons (Fsp3) is 0.0526. The monoisotopic (exact) mass is 242 g/mol. The maximum absolute atomic E-state index is 2.28. The van der Waals surface area contributed by atoms with Gasteiger partial charge >= 0.3 is 0 Å². The first-order valence-electron chi connectivity index (χ1n) is 6.70. The van der Waals surface area contributed by atoms with Crippen LogP contribution >= 0.6 is 0 Å². The fourth-order valence-corrected chi connectivity index (χ4v) is 2.97. The summed E-state index contributed by atoms with van der Waals surface area (Å²) in [5.41, 5.74) is 5.48. The summed E-state index contributed by atoms with van der Waals surface area (Å²) in [7, 11) is 0. The SMILES string of the molecule is C1=Cc2c(ccc3ccccc23)-c2ccccc2C1. The van der Waals surface area contributed by atoms with Gasteiger partial charge in [0.25, 0.3) is 0 Å². The van der Waals surface area contributed by atoms with Crippen LogP contribution in [0.15, 0.2) is 66.7 Å². The van der Waals surface area contributed by atoms with E-state index >= 15 is 0 Å². The largest absolute Gasteiger partial charge is 0.0795 e. The predicted molar refractivity (Wildman–Crippen MR) is 82.1 cm³/mol. The lowest BCUT2D eigenvalue weighted by atomic mass is 9.93.